The Hall–Kier alpha value is -2.00. The number of piperidine rings is 1. The van der Waals surface area contributed by atoms with Gasteiger partial charge in [0, 0.05) is 18.7 Å². The summed E-state index contributed by atoms with van der Waals surface area (Å²) in [6.07, 6.45) is 3.61. The van der Waals surface area contributed by atoms with Gasteiger partial charge in [-0.1, -0.05) is 36.4 Å². The number of hydrogen-bond donors (Lipinski definition) is 0. The third kappa shape index (κ3) is 4.35. The first-order valence-corrected chi connectivity index (χ1v) is 9.21. The van der Waals surface area contributed by atoms with Crippen LogP contribution in [0.2, 0.25) is 0 Å². The van der Waals surface area contributed by atoms with Crippen LogP contribution in [-0.2, 0) is 6.42 Å². The molecule has 1 fully saturated rings. The number of nitrogens with zero attached hydrogens (tertiary/aromatic N) is 1. The van der Waals surface area contributed by atoms with Crippen molar-refractivity contribution < 1.29 is 9.47 Å². The van der Waals surface area contributed by atoms with Crippen molar-refractivity contribution in [2.45, 2.75) is 32.2 Å². The molecule has 0 bridgehead atoms. The van der Waals surface area contributed by atoms with Gasteiger partial charge in [-0.25, -0.2) is 0 Å². The average molecular weight is 339 g/mol. The summed E-state index contributed by atoms with van der Waals surface area (Å²) in [7, 11) is 3.43. The van der Waals surface area contributed by atoms with Crippen molar-refractivity contribution in [3.8, 4) is 11.5 Å². The first-order valence-electron chi connectivity index (χ1n) is 9.21. The average Bonchev–Trinajstić information content (AvgIpc) is 2.68. The van der Waals surface area contributed by atoms with E-state index >= 15 is 0 Å². The molecule has 0 spiro atoms. The minimum absolute atomic E-state index is 0.474. The number of ether oxygens (including phenoxy) is 2. The van der Waals surface area contributed by atoms with E-state index < -0.39 is 0 Å². The predicted octanol–water partition coefficient (Wildman–Crippen LogP) is 4.72. The minimum atomic E-state index is 0.474. The maximum Gasteiger partial charge on any atom is 0.125 e. The molecule has 2 aromatic carbocycles. The smallest absolute Gasteiger partial charge is 0.125 e. The molecule has 134 valence electrons. The minimum Gasteiger partial charge on any atom is -0.497 e. The SMILES string of the molecule is COc1ccc(C[C@H]2CCCN(C(C)c3ccccc3)C2)c(OC)c1. The van der Waals surface area contributed by atoms with Crippen LogP contribution < -0.4 is 9.47 Å². The van der Waals surface area contributed by atoms with Gasteiger partial charge in [0.25, 0.3) is 0 Å². The summed E-state index contributed by atoms with van der Waals surface area (Å²) in [5, 5.41) is 0. The highest BCUT2D eigenvalue weighted by Gasteiger charge is 2.25. The van der Waals surface area contributed by atoms with E-state index in [4.69, 9.17) is 9.47 Å². The van der Waals surface area contributed by atoms with E-state index in [1.54, 1.807) is 14.2 Å². The lowest BCUT2D eigenvalue weighted by Gasteiger charge is -2.37. The molecule has 0 aromatic heterocycles. The van der Waals surface area contributed by atoms with E-state index in [1.165, 1.54) is 30.5 Å². The van der Waals surface area contributed by atoms with Crippen LogP contribution in [-0.4, -0.2) is 32.2 Å². The predicted molar refractivity (Wildman–Crippen MR) is 102 cm³/mol. The van der Waals surface area contributed by atoms with Gasteiger partial charge in [-0.3, -0.25) is 4.90 Å². The molecule has 0 amide bonds. The highest BCUT2D eigenvalue weighted by Crippen LogP contribution is 2.32. The van der Waals surface area contributed by atoms with Crippen molar-refractivity contribution in [1.29, 1.82) is 0 Å². The molecule has 0 aliphatic carbocycles. The standard InChI is InChI=1S/C22H29NO2/c1-17(19-9-5-4-6-10-19)23-13-7-8-18(16-23)14-20-11-12-21(24-2)15-22(20)25-3/h4-6,9-12,15,17-18H,7-8,13-14,16H2,1-3H3/t17?,18-/m1/s1. The summed E-state index contributed by atoms with van der Waals surface area (Å²) in [4.78, 5) is 2.62. The van der Waals surface area contributed by atoms with E-state index in [9.17, 15) is 0 Å². The fourth-order valence-electron chi connectivity index (χ4n) is 3.89. The fourth-order valence-corrected chi connectivity index (χ4v) is 3.89. The van der Waals surface area contributed by atoms with Crippen LogP contribution in [0.3, 0.4) is 0 Å². The third-order valence-corrected chi connectivity index (χ3v) is 5.38. The Morgan fingerprint density at radius 2 is 1.88 bits per heavy atom. The van der Waals surface area contributed by atoms with Crippen LogP contribution in [0.15, 0.2) is 48.5 Å². The largest absolute Gasteiger partial charge is 0.497 e. The molecule has 1 aliphatic rings. The first kappa shape index (κ1) is 17.8. The van der Waals surface area contributed by atoms with Gasteiger partial charge in [0.15, 0.2) is 0 Å². The van der Waals surface area contributed by atoms with Crippen LogP contribution in [0, 0.1) is 5.92 Å². The maximum atomic E-state index is 5.58. The van der Waals surface area contributed by atoms with Crippen molar-refractivity contribution in [2.75, 3.05) is 27.3 Å². The molecule has 0 N–H and O–H groups in total. The second-order valence-corrected chi connectivity index (χ2v) is 6.97. The molecule has 2 atom stereocenters. The van der Waals surface area contributed by atoms with Crippen LogP contribution in [0.1, 0.15) is 36.9 Å². The zero-order valence-corrected chi connectivity index (χ0v) is 15.6. The van der Waals surface area contributed by atoms with E-state index in [0.29, 0.717) is 12.0 Å². The topological polar surface area (TPSA) is 21.7 Å². The Morgan fingerprint density at radius 1 is 1.08 bits per heavy atom. The molecule has 1 saturated heterocycles. The Labute approximate surface area is 151 Å². The van der Waals surface area contributed by atoms with Gasteiger partial charge in [-0.15, -0.1) is 0 Å². The number of rotatable bonds is 6. The lowest BCUT2D eigenvalue weighted by molar-refractivity contribution is 0.131. The Bertz CT molecular complexity index is 671. The van der Waals surface area contributed by atoms with Crippen LogP contribution in [0.4, 0.5) is 0 Å². The van der Waals surface area contributed by atoms with Crippen LogP contribution >= 0.6 is 0 Å². The van der Waals surface area contributed by atoms with E-state index in [2.05, 4.69) is 48.2 Å². The maximum absolute atomic E-state index is 5.58. The van der Waals surface area contributed by atoms with Gasteiger partial charge < -0.3 is 9.47 Å². The quantitative estimate of drug-likeness (QED) is 0.760. The van der Waals surface area contributed by atoms with E-state index in [1.807, 2.05) is 12.1 Å². The summed E-state index contributed by atoms with van der Waals surface area (Å²) in [5.74, 6) is 2.46. The Morgan fingerprint density at radius 3 is 2.60 bits per heavy atom. The monoisotopic (exact) mass is 339 g/mol. The molecule has 1 unspecified atom stereocenters. The summed E-state index contributed by atoms with van der Waals surface area (Å²) in [6, 6.07) is 17.5. The van der Waals surface area contributed by atoms with Crippen LogP contribution in [0.25, 0.3) is 0 Å². The zero-order chi connectivity index (χ0) is 17.6. The van der Waals surface area contributed by atoms with Gasteiger partial charge in [-0.2, -0.15) is 0 Å². The molecule has 0 saturated carbocycles. The number of likely N-dealkylation sites (tertiary alicyclic amines) is 1. The van der Waals surface area contributed by atoms with E-state index in [-0.39, 0.29) is 0 Å². The van der Waals surface area contributed by atoms with Crippen molar-refractivity contribution in [3.05, 3.63) is 59.7 Å². The molecule has 1 heterocycles. The second-order valence-electron chi connectivity index (χ2n) is 6.97. The van der Waals surface area contributed by atoms with Gasteiger partial charge in [0.1, 0.15) is 11.5 Å². The molecular formula is C22H29NO2. The lowest BCUT2D eigenvalue weighted by atomic mass is 9.89. The summed E-state index contributed by atoms with van der Waals surface area (Å²) >= 11 is 0. The molecule has 2 aromatic rings. The van der Waals surface area contributed by atoms with Crippen LogP contribution in [0.5, 0.6) is 11.5 Å². The second kappa shape index (κ2) is 8.39. The first-order chi connectivity index (χ1) is 12.2. The van der Waals surface area contributed by atoms with Crippen molar-refractivity contribution in [2.24, 2.45) is 5.92 Å². The third-order valence-electron chi connectivity index (χ3n) is 5.38. The molecule has 0 radical (unpaired) electrons. The van der Waals surface area contributed by atoms with E-state index in [0.717, 1.165) is 24.5 Å². The Kier molecular flexibility index (Phi) is 5.98. The summed E-state index contributed by atoms with van der Waals surface area (Å²) in [6.45, 7) is 4.66. The molecular weight excluding hydrogens is 310 g/mol. The number of hydrogen-bond acceptors (Lipinski definition) is 3. The number of methoxy groups -OCH3 is 2. The van der Waals surface area contributed by atoms with Crippen molar-refractivity contribution >= 4 is 0 Å². The Balaban J connectivity index is 1.68. The van der Waals surface area contributed by atoms with Crippen molar-refractivity contribution in [3.63, 3.8) is 0 Å². The normalized spacial score (nSPS) is 19.4. The summed E-state index contributed by atoms with van der Waals surface area (Å²) in [5.41, 5.74) is 2.69. The molecule has 25 heavy (non-hydrogen) atoms. The summed E-state index contributed by atoms with van der Waals surface area (Å²) < 4.78 is 10.9. The lowest BCUT2D eigenvalue weighted by Crippen LogP contribution is -2.38. The molecule has 3 rings (SSSR count). The molecule has 1 aliphatic heterocycles. The molecule has 3 heteroatoms. The van der Waals surface area contributed by atoms with Gasteiger partial charge in [0.2, 0.25) is 0 Å². The van der Waals surface area contributed by atoms with Gasteiger partial charge >= 0.3 is 0 Å². The molecule has 3 nitrogen and oxygen atoms in total. The van der Waals surface area contributed by atoms with Crippen molar-refractivity contribution in [1.82, 2.24) is 4.90 Å². The van der Waals surface area contributed by atoms with Gasteiger partial charge in [0.05, 0.1) is 14.2 Å². The van der Waals surface area contributed by atoms with Gasteiger partial charge in [-0.05, 0) is 55.8 Å². The highest BCUT2D eigenvalue weighted by atomic mass is 16.5. The highest BCUT2D eigenvalue weighted by molar-refractivity contribution is 5.41. The zero-order valence-electron chi connectivity index (χ0n) is 15.6. The number of benzene rings is 2. The fraction of sp³-hybridized carbons (Fsp3) is 0.455.